The zero-order chi connectivity index (χ0) is 44.3. The predicted molar refractivity (Wildman–Crippen MR) is 231 cm³/mol. The van der Waals surface area contributed by atoms with Crippen LogP contribution in [0.2, 0.25) is 0 Å². The molecule has 8 atom stereocenters. The van der Waals surface area contributed by atoms with E-state index >= 15 is 0 Å². The Hall–Kier alpha value is -2.75. The summed E-state index contributed by atoms with van der Waals surface area (Å²) in [5.74, 6) is -1.20. The lowest BCUT2D eigenvalue weighted by Gasteiger charge is -2.41. The van der Waals surface area contributed by atoms with Crippen LogP contribution in [0.25, 0.3) is 0 Å². The molecule has 60 heavy (non-hydrogen) atoms. The highest BCUT2D eigenvalue weighted by molar-refractivity contribution is 7.47. The molecular weight excluding hydrogens is 795 g/mol. The van der Waals surface area contributed by atoms with E-state index in [1.165, 1.54) is 0 Å². The summed E-state index contributed by atoms with van der Waals surface area (Å²) in [6, 6.07) is 0. The molecule has 0 amide bonds. The average Bonchev–Trinajstić information content (AvgIpc) is 3.23. The molecule has 0 heterocycles. The van der Waals surface area contributed by atoms with Crippen molar-refractivity contribution in [1.82, 2.24) is 0 Å². The summed E-state index contributed by atoms with van der Waals surface area (Å²) in [6.45, 7) is 1.16. The van der Waals surface area contributed by atoms with Crippen molar-refractivity contribution in [1.29, 1.82) is 0 Å². The highest BCUT2D eigenvalue weighted by atomic mass is 31.2. The quantitative estimate of drug-likeness (QED) is 0.0149. The molecule has 0 aromatic carbocycles. The number of unbranched alkanes of at least 4 members (excludes halogenated alkanes) is 10. The number of hydrogen-bond donors (Lipinski definition) is 7. The van der Waals surface area contributed by atoms with Crippen molar-refractivity contribution >= 4 is 19.8 Å². The lowest BCUT2D eigenvalue weighted by atomic mass is 9.85. The van der Waals surface area contributed by atoms with Gasteiger partial charge in [0, 0.05) is 19.4 Å². The Morgan fingerprint density at radius 3 is 1.52 bits per heavy atom. The second-order valence-corrected chi connectivity index (χ2v) is 16.3. The first kappa shape index (κ1) is 55.3. The van der Waals surface area contributed by atoms with Gasteiger partial charge in [-0.1, -0.05) is 112 Å². The second kappa shape index (κ2) is 35.8. The highest BCUT2D eigenvalue weighted by Crippen LogP contribution is 2.47. The summed E-state index contributed by atoms with van der Waals surface area (Å²) in [5.41, 5.74) is 0. The molecule has 344 valence electrons. The Morgan fingerprint density at radius 1 is 0.550 bits per heavy atom. The molecule has 0 spiro atoms. The second-order valence-electron chi connectivity index (χ2n) is 14.9. The number of aliphatic hydroxyl groups excluding tert-OH is 6. The smallest absolute Gasteiger partial charge is 0.462 e. The number of allylic oxidation sites excluding steroid dienone is 12. The molecule has 0 bridgehead atoms. The van der Waals surface area contributed by atoms with Gasteiger partial charge in [-0.05, 0) is 83.5 Å². The number of rotatable bonds is 35. The third-order valence-electron chi connectivity index (χ3n) is 9.56. The fourth-order valence-electron chi connectivity index (χ4n) is 6.00. The van der Waals surface area contributed by atoms with Crippen LogP contribution in [-0.2, 0) is 32.7 Å². The first-order chi connectivity index (χ1) is 28.9. The van der Waals surface area contributed by atoms with E-state index < -0.39 is 75.7 Å². The minimum Gasteiger partial charge on any atom is -0.462 e. The summed E-state index contributed by atoms with van der Waals surface area (Å²) >= 11 is 0. The molecular formula is C45H75O14P. The zero-order valence-corrected chi connectivity index (χ0v) is 36.6. The van der Waals surface area contributed by atoms with Gasteiger partial charge in [-0.2, -0.15) is 0 Å². The van der Waals surface area contributed by atoms with Crippen molar-refractivity contribution in [3.63, 3.8) is 0 Å². The van der Waals surface area contributed by atoms with Gasteiger partial charge in [-0.15, -0.1) is 0 Å². The number of hydrogen-bond acceptors (Lipinski definition) is 13. The van der Waals surface area contributed by atoms with E-state index in [4.69, 9.17) is 23.6 Å². The van der Waals surface area contributed by atoms with Gasteiger partial charge >= 0.3 is 19.8 Å². The molecule has 1 aliphatic rings. The van der Waals surface area contributed by atoms with E-state index in [1.54, 1.807) is 0 Å². The Morgan fingerprint density at radius 2 is 0.983 bits per heavy atom. The van der Waals surface area contributed by atoms with Crippen molar-refractivity contribution in [2.75, 3.05) is 19.8 Å². The molecule has 1 saturated carbocycles. The van der Waals surface area contributed by atoms with E-state index in [-0.39, 0.29) is 19.4 Å². The van der Waals surface area contributed by atoms with Gasteiger partial charge in [-0.25, -0.2) is 4.57 Å². The van der Waals surface area contributed by atoms with Gasteiger partial charge < -0.3 is 45.0 Å². The number of phosphoric ester groups is 1. The molecule has 0 aromatic rings. The molecule has 1 rings (SSSR count). The number of carbonyl (C=O) groups excluding carboxylic acids is 2. The SMILES string of the molecule is CCC/C=C\C/C=C\CCCCCCCC(=O)OC[C@H](COP(=O)(O)OC1[C@H](O)[C@H](O)C(O)[C@H](O)[C@H]1O)OC(=O)CCC/C=C\C/C=C\C/C=C\C/C=C\CCCCCO. The molecule has 14 nitrogen and oxygen atoms in total. The topological polar surface area (TPSA) is 230 Å². The van der Waals surface area contributed by atoms with Crippen molar-refractivity contribution in [2.24, 2.45) is 0 Å². The van der Waals surface area contributed by atoms with E-state index in [0.717, 1.165) is 96.3 Å². The van der Waals surface area contributed by atoms with E-state index in [9.17, 15) is 44.6 Å². The lowest BCUT2D eigenvalue weighted by molar-refractivity contribution is -0.220. The van der Waals surface area contributed by atoms with Crippen LogP contribution < -0.4 is 0 Å². The fourth-order valence-corrected chi connectivity index (χ4v) is 6.97. The molecule has 1 aliphatic carbocycles. The van der Waals surface area contributed by atoms with Crippen molar-refractivity contribution in [3.8, 4) is 0 Å². The zero-order valence-electron chi connectivity index (χ0n) is 35.7. The van der Waals surface area contributed by atoms with Gasteiger partial charge in [0.05, 0.1) is 6.61 Å². The Kier molecular flexibility index (Phi) is 33.0. The Bertz CT molecular complexity index is 1330. The number of aliphatic hydroxyl groups is 6. The maximum Gasteiger partial charge on any atom is 0.472 e. The minimum absolute atomic E-state index is 0.00414. The molecule has 0 aliphatic heterocycles. The lowest BCUT2D eigenvalue weighted by Crippen LogP contribution is -2.64. The van der Waals surface area contributed by atoms with Gasteiger partial charge in [0.1, 0.15) is 43.2 Å². The van der Waals surface area contributed by atoms with Crippen LogP contribution >= 0.6 is 7.82 Å². The summed E-state index contributed by atoms with van der Waals surface area (Å²) in [6.07, 6.45) is 28.4. The summed E-state index contributed by atoms with van der Waals surface area (Å²) in [7, 11) is -5.14. The Balaban J connectivity index is 2.54. The molecule has 0 saturated heterocycles. The van der Waals surface area contributed by atoms with Crippen molar-refractivity contribution < 1.29 is 68.2 Å². The van der Waals surface area contributed by atoms with Crippen LogP contribution in [0.4, 0.5) is 0 Å². The van der Waals surface area contributed by atoms with Gasteiger partial charge in [0.15, 0.2) is 6.10 Å². The van der Waals surface area contributed by atoms with Crippen LogP contribution in [0.1, 0.15) is 135 Å². The number of phosphoric acid groups is 1. The third kappa shape index (κ3) is 28.0. The predicted octanol–water partition coefficient (Wildman–Crippen LogP) is 6.91. The summed E-state index contributed by atoms with van der Waals surface area (Å²) in [5, 5.41) is 58.9. The van der Waals surface area contributed by atoms with E-state index in [1.807, 2.05) is 12.2 Å². The number of ether oxygens (including phenoxy) is 2. The first-order valence-electron chi connectivity index (χ1n) is 21.8. The molecule has 0 radical (unpaired) electrons. The molecule has 0 aromatic heterocycles. The minimum atomic E-state index is -5.14. The maximum absolute atomic E-state index is 12.8. The largest absolute Gasteiger partial charge is 0.472 e. The van der Waals surface area contributed by atoms with Crippen LogP contribution in [0.3, 0.4) is 0 Å². The number of esters is 2. The molecule has 1 fully saturated rings. The fraction of sp³-hybridized carbons (Fsp3) is 0.689. The molecule has 15 heteroatoms. The van der Waals surface area contributed by atoms with Crippen LogP contribution in [0, 0.1) is 0 Å². The standard InChI is InChI=1S/C45H75O14P/c1-2-3-4-5-6-7-8-14-17-20-23-26-29-32-38(47)56-35-37(36-57-60(54,55)59-45-43(52)41(50)40(49)42(51)44(45)53)58-39(48)33-30-27-24-21-18-15-12-10-9-11-13-16-19-22-25-28-31-34-46/h4-5,7-9,11-12,15-16,19,21,24,37,40-46,49-53H,2-3,6,10,13-14,17-18,20,22-23,25-36H2,1H3,(H,54,55)/b5-4-,8-7-,11-9-,15-12-,19-16-,24-21-/t37-,40?,41-,42+,43-,44-,45?/m1/s1. The summed E-state index contributed by atoms with van der Waals surface area (Å²) in [4.78, 5) is 35.6. The first-order valence-corrected chi connectivity index (χ1v) is 23.3. The maximum atomic E-state index is 12.8. The van der Waals surface area contributed by atoms with Gasteiger partial charge in [0.25, 0.3) is 0 Å². The number of carbonyl (C=O) groups is 2. The van der Waals surface area contributed by atoms with Crippen LogP contribution in [0.5, 0.6) is 0 Å². The van der Waals surface area contributed by atoms with E-state index in [2.05, 4.69) is 67.7 Å². The van der Waals surface area contributed by atoms with Crippen LogP contribution in [0.15, 0.2) is 72.9 Å². The Labute approximate surface area is 358 Å². The van der Waals surface area contributed by atoms with Crippen LogP contribution in [-0.4, -0.2) is 110 Å². The van der Waals surface area contributed by atoms with E-state index in [0.29, 0.717) is 19.3 Å². The van der Waals surface area contributed by atoms with Gasteiger partial charge in [-0.3, -0.25) is 18.6 Å². The normalized spacial score (nSPS) is 22.9. The molecule has 3 unspecified atom stereocenters. The monoisotopic (exact) mass is 870 g/mol. The van der Waals surface area contributed by atoms with Crippen molar-refractivity contribution in [3.05, 3.63) is 72.9 Å². The van der Waals surface area contributed by atoms with Crippen molar-refractivity contribution in [2.45, 2.75) is 178 Å². The summed E-state index contributed by atoms with van der Waals surface area (Å²) < 4.78 is 33.4. The molecule has 7 N–H and O–H groups in total. The average molecular weight is 871 g/mol. The highest BCUT2D eigenvalue weighted by Gasteiger charge is 2.51. The third-order valence-corrected chi connectivity index (χ3v) is 10.5. The van der Waals surface area contributed by atoms with Gasteiger partial charge in [0.2, 0.25) is 0 Å².